The Morgan fingerprint density at radius 1 is 1.32 bits per heavy atom. The number of nitrogens with two attached hydrogens (primary N) is 1. The predicted octanol–water partition coefficient (Wildman–Crippen LogP) is 3.35. The first-order valence-electron chi connectivity index (χ1n) is 5.65. The SMILES string of the molecule is CC(N)Cc1cc(F)cc(OCCSC(F)(F)F)c1. The number of ether oxygens (including phenoxy) is 1. The van der Waals surface area contributed by atoms with Gasteiger partial charge in [0.1, 0.15) is 11.6 Å². The van der Waals surface area contributed by atoms with Crippen molar-refractivity contribution in [2.75, 3.05) is 12.4 Å². The quantitative estimate of drug-likeness (QED) is 0.646. The predicted molar refractivity (Wildman–Crippen MR) is 67.8 cm³/mol. The van der Waals surface area contributed by atoms with E-state index in [0.29, 0.717) is 12.0 Å². The zero-order valence-electron chi connectivity index (χ0n) is 10.3. The molecule has 0 fully saturated rings. The molecule has 0 aliphatic rings. The number of benzene rings is 1. The Morgan fingerprint density at radius 3 is 2.58 bits per heavy atom. The Balaban J connectivity index is 2.51. The molecule has 0 aliphatic heterocycles. The highest BCUT2D eigenvalue weighted by atomic mass is 32.2. The van der Waals surface area contributed by atoms with E-state index in [1.165, 1.54) is 6.07 Å². The first-order valence-corrected chi connectivity index (χ1v) is 6.63. The lowest BCUT2D eigenvalue weighted by atomic mass is 10.1. The zero-order chi connectivity index (χ0) is 14.5. The number of thioether (sulfide) groups is 1. The fourth-order valence-corrected chi connectivity index (χ4v) is 1.91. The minimum atomic E-state index is -4.27. The third-order valence-corrected chi connectivity index (χ3v) is 2.80. The van der Waals surface area contributed by atoms with Crippen molar-refractivity contribution in [1.82, 2.24) is 0 Å². The molecule has 0 heterocycles. The molecule has 0 bridgehead atoms. The molecule has 108 valence electrons. The molecule has 0 aliphatic carbocycles. The number of hydrogen-bond donors (Lipinski definition) is 1. The van der Waals surface area contributed by atoms with Crippen LogP contribution in [0.5, 0.6) is 5.75 Å². The maximum atomic E-state index is 13.3. The van der Waals surface area contributed by atoms with Crippen molar-refractivity contribution in [2.24, 2.45) is 5.73 Å². The van der Waals surface area contributed by atoms with Crippen molar-refractivity contribution in [1.29, 1.82) is 0 Å². The Hall–Kier alpha value is -0.950. The average molecular weight is 297 g/mol. The molecule has 1 rings (SSSR count). The summed E-state index contributed by atoms with van der Waals surface area (Å²) in [6, 6.07) is 3.93. The second kappa shape index (κ2) is 7.00. The summed E-state index contributed by atoms with van der Waals surface area (Å²) in [4.78, 5) is 0. The Labute approximate surface area is 113 Å². The fourth-order valence-electron chi connectivity index (χ4n) is 1.51. The van der Waals surface area contributed by atoms with Gasteiger partial charge < -0.3 is 10.5 Å². The highest BCUT2D eigenvalue weighted by Crippen LogP contribution is 2.29. The summed E-state index contributed by atoms with van der Waals surface area (Å²) in [6.07, 6.45) is 0.478. The van der Waals surface area contributed by atoms with Crippen LogP contribution in [0.15, 0.2) is 18.2 Å². The van der Waals surface area contributed by atoms with Crippen LogP contribution in [0.1, 0.15) is 12.5 Å². The summed E-state index contributed by atoms with van der Waals surface area (Å²) in [6.45, 7) is 1.65. The largest absolute Gasteiger partial charge is 0.493 e. The molecule has 0 spiro atoms. The average Bonchev–Trinajstić information content (AvgIpc) is 2.21. The van der Waals surface area contributed by atoms with Crippen molar-refractivity contribution in [3.05, 3.63) is 29.6 Å². The normalized spacial score (nSPS) is 13.4. The molecular formula is C12H15F4NOS. The van der Waals surface area contributed by atoms with E-state index in [4.69, 9.17) is 10.5 Å². The van der Waals surface area contributed by atoms with E-state index in [1.54, 1.807) is 13.0 Å². The molecular weight excluding hydrogens is 282 g/mol. The van der Waals surface area contributed by atoms with E-state index < -0.39 is 11.3 Å². The smallest absolute Gasteiger partial charge is 0.441 e. The lowest BCUT2D eigenvalue weighted by Gasteiger charge is -2.10. The number of alkyl halides is 3. The molecule has 0 saturated heterocycles. The van der Waals surface area contributed by atoms with Gasteiger partial charge in [0.2, 0.25) is 0 Å². The molecule has 0 saturated carbocycles. The van der Waals surface area contributed by atoms with E-state index in [-0.39, 0.29) is 35.9 Å². The molecule has 2 N–H and O–H groups in total. The van der Waals surface area contributed by atoms with E-state index in [1.807, 2.05) is 0 Å². The molecule has 2 nitrogen and oxygen atoms in total. The third-order valence-electron chi connectivity index (χ3n) is 2.11. The minimum absolute atomic E-state index is 0.129. The topological polar surface area (TPSA) is 35.2 Å². The third kappa shape index (κ3) is 7.27. The first-order chi connectivity index (χ1) is 8.76. The van der Waals surface area contributed by atoms with Crippen molar-refractivity contribution < 1.29 is 22.3 Å². The Kier molecular flexibility index (Phi) is 5.93. The molecule has 0 amide bonds. The molecule has 0 radical (unpaired) electrons. The molecule has 19 heavy (non-hydrogen) atoms. The van der Waals surface area contributed by atoms with Gasteiger partial charge in [0.25, 0.3) is 0 Å². The maximum Gasteiger partial charge on any atom is 0.441 e. The van der Waals surface area contributed by atoms with Crippen LogP contribution in [0.3, 0.4) is 0 Å². The lowest BCUT2D eigenvalue weighted by Crippen LogP contribution is -2.17. The van der Waals surface area contributed by atoms with Gasteiger partial charge in [-0.3, -0.25) is 0 Å². The van der Waals surface area contributed by atoms with Gasteiger partial charge in [-0.1, -0.05) is 0 Å². The van der Waals surface area contributed by atoms with Crippen LogP contribution >= 0.6 is 11.8 Å². The van der Waals surface area contributed by atoms with Crippen LogP contribution < -0.4 is 10.5 Å². The summed E-state index contributed by atoms with van der Waals surface area (Å²) < 4.78 is 54.0. The van der Waals surface area contributed by atoms with Gasteiger partial charge in [-0.2, -0.15) is 13.2 Å². The molecule has 1 unspecified atom stereocenters. The Bertz CT molecular complexity index is 409. The minimum Gasteiger partial charge on any atom is -0.493 e. The Morgan fingerprint density at radius 2 is 2.00 bits per heavy atom. The summed E-state index contributed by atoms with van der Waals surface area (Å²) in [5.41, 5.74) is 1.99. The summed E-state index contributed by atoms with van der Waals surface area (Å²) in [7, 11) is 0. The van der Waals surface area contributed by atoms with Gasteiger partial charge in [0, 0.05) is 17.9 Å². The van der Waals surface area contributed by atoms with E-state index in [9.17, 15) is 17.6 Å². The standard InChI is InChI=1S/C12H15F4NOS/c1-8(17)4-9-5-10(13)7-11(6-9)18-2-3-19-12(14,15)16/h5-8H,2-4,17H2,1H3. The van der Waals surface area contributed by atoms with Crippen LogP contribution in [0.25, 0.3) is 0 Å². The first kappa shape index (κ1) is 16.1. The van der Waals surface area contributed by atoms with E-state index >= 15 is 0 Å². The molecule has 0 aromatic heterocycles. The van der Waals surface area contributed by atoms with Gasteiger partial charge in [-0.05, 0) is 42.8 Å². The second-order valence-electron chi connectivity index (χ2n) is 4.12. The van der Waals surface area contributed by atoms with Gasteiger partial charge in [0.05, 0.1) is 6.61 Å². The van der Waals surface area contributed by atoms with Crippen molar-refractivity contribution in [2.45, 2.75) is 24.9 Å². The lowest BCUT2D eigenvalue weighted by molar-refractivity contribution is -0.0329. The van der Waals surface area contributed by atoms with E-state index in [0.717, 1.165) is 6.07 Å². The van der Waals surface area contributed by atoms with Crippen LogP contribution in [0.4, 0.5) is 17.6 Å². The summed E-state index contributed by atoms with van der Waals surface area (Å²) in [5.74, 6) is -0.502. The van der Waals surface area contributed by atoms with Crippen molar-refractivity contribution >= 4 is 11.8 Å². The maximum absolute atomic E-state index is 13.3. The van der Waals surface area contributed by atoms with Gasteiger partial charge in [-0.15, -0.1) is 0 Å². The van der Waals surface area contributed by atoms with Crippen LogP contribution in [-0.2, 0) is 6.42 Å². The number of rotatable bonds is 6. The van der Waals surface area contributed by atoms with Crippen LogP contribution in [-0.4, -0.2) is 23.9 Å². The highest BCUT2D eigenvalue weighted by Gasteiger charge is 2.27. The monoisotopic (exact) mass is 297 g/mol. The molecule has 1 aromatic carbocycles. The molecule has 1 aromatic rings. The molecule has 1 atom stereocenters. The second-order valence-corrected chi connectivity index (χ2v) is 5.28. The van der Waals surface area contributed by atoms with Crippen molar-refractivity contribution in [3.8, 4) is 5.75 Å². The summed E-state index contributed by atoms with van der Waals surface area (Å²) in [5, 5.41) is 0. The van der Waals surface area contributed by atoms with Gasteiger partial charge >= 0.3 is 5.51 Å². The summed E-state index contributed by atoms with van der Waals surface area (Å²) >= 11 is -0.167. The van der Waals surface area contributed by atoms with Crippen LogP contribution in [0, 0.1) is 5.82 Å². The molecule has 7 heteroatoms. The number of halogens is 4. The highest BCUT2D eigenvalue weighted by molar-refractivity contribution is 8.00. The zero-order valence-corrected chi connectivity index (χ0v) is 11.2. The fraction of sp³-hybridized carbons (Fsp3) is 0.500. The van der Waals surface area contributed by atoms with Gasteiger partial charge in [-0.25, -0.2) is 4.39 Å². The van der Waals surface area contributed by atoms with Gasteiger partial charge in [0.15, 0.2) is 0 Å². The van der Waals surface area contributed by atoms with Crippen LogP contribution in [0.2, 0.25) is 0 Å². The van der Waals surface area contributed by atoms with Crippen molar-refractivity contribution in [3.63, 3.8) is 0 Å². The van der Waals surface area contributed by atoms with E-state index in [2.05, 4.69) is 0 Å². The number of hydrogen-bond acceptors (Lipinski definition) is 3.